The molecule has 0 amide bonds. The van der Waals surface area contributed by atoms with Crippen molar-refractivity contribution in [2.24, 2.45) is 0 Å². The second-order valence-electron chi connectivity index (χ2n) is 6.42. The number of sulfonamides is 2. The normalized spacial score (nSPS) is 15.1. The minimum absolute atomic E-state index is 0.0400. The van der Waals surface area contributed by atoms with Gasteiger partial charge in [0, 0.05) is 13.1 Å². The monoisotopic (exact) mass is 474 g/mol. The Morgan fingerprint density at radius 2 is 1.83 bits per heavy atom. The molecule has 1 aliphatic rings. The standard InChI is InChI=1S/C18H22N2O7S3/c1-3-27-14-7-6-13(12-16(14)30(24,25)20-9-4-5-10-20)19-29(22,23)15-8-11-28-17(15)18(21)26-2/h6-8,11-12,19H,3-5,9-10H2,1-2H3. The molecule has 1 saturated heterocycles. The maximum atomic E-state index is 13.1. The summed E-state index contributed by atoms with van der Waals surface area (Å²) in [4.78, 5) is 11.4. The van der Waals surface area contributed by atoms with Gasteiger partial charge in [-0.15, -0.1) is 11.3 Å². The summed E-state index contributed by atoms with van der Waals surface area (Å²) in [6.07, 6.45) is 1.54. The average Bonchev–Trinajstić information content (AvgIpc) is 3.41. The number of carbonyl (C=O) groups is 1. The summed E-state index contributed by atoms with van der Waals surface area (Å²) in [5.74, 6) is -0.618. The van der Waals surface area contributed by atoms with Gasteiger partial charge in [0.15, 0.2) is 0 Å². The number of hydrogen-bond donors (Lipinski definition) is 1. The third kappa shape index (κ3) is 4.46. The van der Waals surface area contributed by atoms with Crippen LogP contribution in [0.15, 0.2) is 39.4 Å². The van der Waals surface area contributed by atoms with Gasteiger partial charge in [0.25, 0.3) is 10.0 Å². The molecule has 1 aromatic carbocycles. The van der Waals surface area contributed by atoms with Crippen LogP contribution in [0.25, 0.3) is 0 Å². The molecule has 0 aliphatic carbocycles. The third-order valence-electron chi connectivity index (χ3n) is 4.47. The minimum Gasteiger partial charge on any atom is -0.492 e. The summed E-state index contributed by atoms with van der Waals surface area (Å²) in [5.41, 5.74) is 0.0400. The first-order valence-electron chi connectivity index (χ1n) is 9.16. The molecule has 0 radical (unpaired) electrons. The first-order chi connectivity index (χ1) is 14.2. The Morgan fingerprint density at radius 1 is 1.13 bits per heavy atom. The van der Waals surface area contributed by atoms with Crippen LogP contribution in [-0.2, 0) is 24.8 Å². The molecule has 1 fully saturated rings. The van der Waals surface area contributed by atoms with Crippen LogP contribution in [0.1, 0.15) is 29.4 Å². The average molecular weight is 475 g/mol. The molecule has 30 heavy (non-hydrogen) atoms. The quantitative estimate of drug-likeness (QED) is 0.584. The largest absolute Gasteiger partial charge is 0.492 e. The lowest BCUT2D eigenvalue weighted by atomic mass is 10.3. The molecule has 0 atom stereocenters. The van der Waals surface area contributed by atoms with Crippen LogP contribution in [-0.4, -0.2) is 53.9 Å². The molecule has 2 heterocycles. The minimum atomic E-state index is -4.15. The smallest absolute Gasteiger partial charge is 0.349 e. The number of anilines is 1. The van der Waals surface area contributed by atoms with Crippen molar-refractivity contribution >= 4 is 43.0 Å². The van der Waals surface area contributed by atoms with Crippen LogP contribution >= 0.6 is 11.3 Å². The maximum absolute atomic E-state index is 13.1. The molecule has 0 spiro atoms. The lowest BCUT2D eigenvalue weighted by molar-refractivity contribution is 0.0602. The highest BCUT2D eigenvalue weighted by atomic mass is 32.2. The number of ether oxygens (including phenoxy) is 2. The van der Waals surface area contributed by atoms with Crippen LogP contribution < -0.4 is 9.46 Å². The van der Waals surface area contributed by atoms with E-state index in [1.807, 2.05) is 0 Å². The van der Waals surface area contributed by atoms with Gasteiger partial charge in [-0.05, 0) is 49.4 Å². The molecule has 1 aromatic heterocycles. The Bertz CT molecular complexity index is 1130. The van der Waals surface area contributed by atoms with E-state index in [4.69, 9.17) is 4.74 Å². The molecular weight excluding hydrogens is 452 g/mol. The zero-order chi connectivity index (χ0) is 21.9. The Hall–Kier alpha value is -2.15. The molecular formula is C18H22N2O7S3. The van der Waals surface area contributed by atoms with E-state index in [0.29, 0.717) is 13.1 Å². The molecule has 164 valence electrons. The van der Waals surface area contributed by atoms with Crippen LogP contribution in [0.5, 0.6) is 5.75 Å². The predicted molar refractivity (Wildman–Crippen MR) is 112 cm³/mol. The van der Waals surface area contributed by atoms with Crippen molar-refractivity contribution in [1.82, 2.24) is 4.31 Å². The number of esters is 1. The van der Waals surface area contributed by atoms with Crippen molar-refractivity contribution in [2.75, 3.05) is 31.5 Å². The van der Waals surface area contributed by atoms with Crippen molar-refractivity contribution in [2.45, 2.75) is 29.6 Å². The van der Waals surface area contributed by atoms with Crippen molar-refractivity contribution in [1.29, 1.82) is 0 Å². The van der Waals surface area contributed by atoms with Gasteiger partial charge < -0.3 is 9.47 Å². The fourth-order valence-electron chi connectivity index (χ4n) is 3.08. The number of methoxy groups -OCH3 is 1. The van der Waals surface area contributed by atoms with Crippen molar-refractivity contribution in [3.63, 3.8) is 0 Å². The summed E-state index contributed by atoms with van der Waals surface area (Å²) in [6, 6.07) is 5.35. The fourth-order valence-corrected chi connectivity index (χ4v) is 7.14. The van der Waals surface area contributed by atoms with Gasteiger partial charge in [0.2, 0.25) is 10.0 Å². The van der Waals surface area contributed by atoms with Crippen LogP contribution in [0.2, 0.25) is 0 Å². The zero-order valence-corrected chi connectivity index (χ0v) is 18.9. The summed E-state index contributed by atoms with van der Waals surface area (Å²) in [6.45, 7) is 2.79. The predicted octanol–water partition coefficient (Wildman–Crippen LogP) is 2.52. The highest BCUT2D eigenvalue weighted by molar-refractivity contribution is 7.93. The molecule has 2 aromatic rings. The van der Waals surface area contributed by atoms with Gasteiger partial charge in [-0.25, -0.2) is 21.6 Å². The van der Waals surface area contributed by atoms with Gasteiger partial charge in [-0.1, -0.05) is 0 Å². The third-order valence-corrected chi connectivity index (χ3v) is 8.84. The van der Waals surface area contributed by atoms with Gasteiger partial charge in [0.1, 0.15) is 20.4 Å². The van der Waals surface area contributed by atoms with Crippen LogP contribution in [0, 0.1) is 0 Å². The number of carbonyl (C=O) groups excluding carboxylic acids is 1. The molecule has 1 aliphatic heterocycles. The second-order valence-corrected chi connectivity index (χ2v) is 10.9. The van der Waals surface area contributed by atoms with Crippen molar-refractivity contribution < 1.29 is 31.1 Å². The summed E-state index contributed by atoms with van der Waals surface area (Å²) < 4.78 is 65.6. The van der Waals surface area contributed by atoms with E-state index in [1.54, 1.807) is 6.92 Å². The number of rotatable bonds is 8. The number of thiophene rings is 1. The van der Waals surface area contributed by atoms with Gasteiger partial charge in [-0.2, -0.15) is 4.31 Å². The van der Waals surface area contributed by atoms with E-state index in [1.165, 1.54) is 34.0 Å². The molecule has 1 N–H and O–H groups in total. The topological polar surface area (TPSA) is 119 Å². The van der Waals surface area contributed by atoms with Crippen LogP contribution in [0.4, 0.5) is 5.69 Å². The van der Waals surface area contributed by atoms with E-state index >= 15 is 0 Å². The van der Waals surface area contributed by atoms with Gasteiger partial charge in [-0.3, -0.25) is 4.72 Å². The highest BCUT2D eigenvalue weighted by Gasteiger charge is 2.31. The molecule has 0 bridgehead atoms. The van der Waals surface area contributed by atoms with Crippen molar-refractivity contribution in [3.05, 3.63) is 34.5 Å². The lowest BCUT2D eigenvalue weighted by Gasteiger charge is -2.19. The van der Waals surface area contributed by atoms with E-state index < -0.39 is 26.0 Å². The van der Waals surface area contributed by atoms with E-state index in [0.717, 1.165) is 31.3 Å². The lowest BCUT2D eigenvalue weighted by Crippen LogP contribution is -2.28. The molecule has 3 rings (SSSR count). The Labute approximate surface area is 179 Å². The first-order valence-corrected chi connectivity index (χ1v) is 13.0. The number of nitrogens with zero attached hydrogens (tertiary/aromatic N) is 1. The Kier molecular flexibility index (Phi) is 6.70. The van der Waals surface area contributed by atoms with E-state index in [2.05, 4.69) is 9.46 Å². The maximum Gasteiger partial charge on any atom is 0.349 e. The Balaban J connectivity index is 1.99. The Morgan fingerprint density at radius 3 is 2.47 bits per heavy atom. The highest BCUT2D eigenvalue weighted by Crippen LogP contribution is 2.33. The van der Waals surface area contributed by atoms with Gasteiger partial charge in [0.05, 0.1) is 19.4 Å². The number of hydrogen-bond acceptors (Lipinski definition) is 8. The first kappa shape index (κ1) is 22.5. The summed E-state index contributed by atoms with van der Waals surface area (Å²) >= 11 is 0.937. The number of benzene rings is 1. The summed E-state index contributed by atoms with van der Waals surface area (Å²) in [7, 11) is -6.84. The molecule has 12 heteroatoms. The van der Waals surface area contributed by atoms with Crippen molar-refractivity contribution in [3.8, 4) is 5.75 Å². The second kappa shape index (κ2) is 8.92. The molecule has 9 nitrogen and oxygen atoms in total. The van der Waals surface area contributed by atoms with Crippen LogP contribution in [0.3, 0.4) is 0 Å². The number of nitrogens with one attached hydrogen (secondary N) is 1. The fraction of sp³-hybridized carbons (Fsp3) is 0.389. The van der Waals surface area contributed by atoms with Gasteiger partial charge >= 0.3 is 5.97 Å². The zero-order valence-electron chi connectivity index (χ0n) is 16.5. The van der Waals surface area contributed by atoms with E-state index in [9.17, 15) is 21.6 Å². The SMILES string of the molecule is CCOc1ccc(NS(=O)(=O)c2ccsc2C(=O)OC)cc1S(=O)(=O)N1CCCC1. The molecule has 0 saturated carbocycles. The summed E-state index contributed by atoms with van der Waals surface area (Å²) in [5, 5.41) is 1.46. The molecule has 0 unspecified atom stereocenters. The van der Waals surface area contributed by atoms with E-state index in [-0.39, 0.29) is 32.7 Å².